The molecule has 0 aliphatic carbocycles. The van der Waals surface area contributed by atoms with Gasteiger partial charge < -0.3 is 11.1 Å². The second kappa shape index (κ2) is 8.23. The first-order chi connectivity index (χ1) is 14.0. The number of rotatable bonds is 6. The van der Waals surface area contributed by atoms with Crippen LogP contribution in [-0.2, 0) is 0 Å². The van der Waals surface area contributed by atoms with Crippen LogP contribution >= 0.6 is 11.3 Å². The summed E-state index contributed by atoms with van der Waals surface area (Å²) in [5, 5.41) is 3.88. The summed E-state index contributed by atoms with van der Waals surface area (Å²) < 4.78 is 13.4. The Morgan fingerprint density at radius 1 is 1.17 bits per heavy atom. The molecule has 1 amide bonds. The molecule has 1 aliphatic rings. The van der Waals surface area contributed by atoms with Crippen LogP contribution in [0.25, 0.3) is 21.0 Å². The topological polar surface area (TPSA) is 85.1 Å². The number of aromatic nitrogens is 1. The Labute approximate surface area is 171 Å². The molecule has 2 aromatic carbocycles. The van der Waals surface area contributed by atoms with Crippen molar-refractivity contribution < 1.29 is 14.0 Å². The van der Waals surface area contributed by atoms with E-state index in [0.717, 1.165) is 24.9 Å². The van der Waals surface area contributed by atoms with Gasteiger partial charge >= 0.3 is 0 Å². The van der Waals surface area contributed by atoms with E-state index in [1.807, 2.05) is 6.07 Å². The first kappa shape index (κ1) is 19.4. The Morgan fingerprint density at radius 3 is 2.66 bits per heavy atom. The molecule has 1 aromatic heterocycles. The van der Waals surface area contributed by atoms with Crippen molar-refractivity contribution in [1.82, 2.24) is 10.3 Å². The zero-order chi connectivity index (χ0) is 20.4. The van der Waals surface area contributed by atoms with Gasteiger partial charge in [-0.05, 0) is 49.2 Å². The summed E-state index contributed by atoms with van der Waals surface area (Å²) in [6.07, 6.45) is 3.61. The van der Waals surface area contributed by atoms with Crippen LogP contribution < -0.4 is 11.1 Å². The average molecular weight is 408 g/mol. The largest absolute Gasteiger partial charge is 0.366 e. The molecule has 29 heavy (non-hydrogen) atoms. The molecule has 0 spiro atoms. The number of Topliss-reactive ketones (excluding diaryl/α,β-unsaturated/α-hetero) is 1. The van der Waals surface area contributed by atoms with Crippen molar-refractivity contribution in [3.05, 3.63) is 72.0 Å². The maximum atomic E-state index is 13.4. The molecular formula is C22H19FN3O2S. The highest BCUT2D eigenvalue weighted by atomic mass is 32.1. The van der Waals surface area contributed by atoms with Gasteiger partial charge in [0.15, 0.2) is 5.78 Å². The van der Waals surface area contributed by atoms with Gasteiger partial charge in [0.25, 0.3) is 0 Å². The number of thiazole rings is 1. The third-order valence-electron chi connectivity index (χ3n) is 4.81. The maximum absolute atomic E-state index is 13.4. The normalized spacial score (nSPS) is 16.1. The van der Waals surface area contributed by atoms with Crippen molar-refractivity contribution in [2.75, 3.05) is 6.54 Å². The second-order valence-electron chi connectivity index (χ2n) is 6.88. The van der Waals surface area contributed by atoms with Crippen LogP contribution in [-0.4, -0.2) is 29.3 Å². The second-order valence-corrected chi connectivity index (χ2v) is 7.88. The number of benzene rings is 2. The van der Waals surface area contributed by atoms with Crippen molar-refractivity contribution in [2.45, 2.75) is 18.9 Å². The number of primary amides is 1. The number of carbonyl (C=O) groups excluding carboxylic acids is 2. The number of amides is 1. The molecule has 1 saturated heterocycles. The van der Waals surface area contributed by atoms with Gasteiger partial charge in [-0.1, -0.05) is 24.3 Å². The van der Waals surface area contributed by atoms with E-state index < -0.39 is 5.91 Å². The molecule has 7 heteroatoms. The Morgan fingerprint density at radius 2 is 1.97 bits per heavy atom. The van der Waals surface area contributed by atoms with E-state index in [1.165, 1.54) is 23.5 Å². The van der Waals surface area contributed by atoms with E-state index in [-0.39, 0.29) is 17.6 Å². The van der Waals surface area contributed by atoms with Gasteiger partial charge in [-0.25, -0.2) is 9.37 Å². The average Bonchev–Trinajstić information content (AvgIpc) is 3.38. The van der Waals surface area contributed by atoms with Crippen LogP contribution in [0.2, 0.25) is 0 Å². The van der Waals surface area contributed by atoms with E-state index in [4.69, 9.17) is 5.73 Å². The highest BCUT2D eigenvalue weighted by molar-refractivity contribution is 7.18. The van der Waals surface area contributed by atoms with Crippen molar-refractivity contribution in [3.63, 3.8) is 0 Å². The highest BCUT2D eigenvalue weighted by Crippen LogP contribution is 2.36. The number of nitrogens with two attached hydrogens (primary N) is 1. The molecule has 4 rings (SSSR count). The zero-order valence-electron chi connectivity index (χ0n) is 15.5. The molecule has 147 valence electrons. The van der Waals surface area contributed by atoms with Crippen LogP contribution in [0, 0.1) is 12.2 Å². The van der Waals surface area contributed by atoms with Crippen molar-refractivity contribution in [1.29, 1.82) is 0 Å². The summed E-state index contributed by atoms with van der Waals surface area (Å²) in [4.78, 5) is 29.8. The summed E-state index contributed by atoms with van der Waals surface area (Å²) in [6.45, 7) is 0.890. The molecule has 0 saturated carbocycles. The van der Waals surface area contributed by atoms with Crippen LogP contribution in [0.1, 0.15) is 33.7 Å². The number of nitrogens with one attached hydrogen (secondary N) is 1. The summed E-state index contributed by atoms with van der Waals surface area (Å²) in [5.74, 6) is -1.04. The number of hydrogen-bond acceptors (Lipinski definition) is 5. The number of ketones is 1. The van der Waals surface area contributed by atoms with Crippen LogP contribution in [0.5, 0.6) is 0 Å². The third kappa shape index (κ3) is 4.26. The van der Waals surface area contributed by atoms with Gasteiger partial charge in [0.05, 0.1) is 11.3 Å². The lowest BCUT2D eigenvalue weighted by atomic mass is 10.0. The summed E-state index contributed by atoms with van der Waals surface area (Å²) in [6, 6.07) is 12.9. The minimum absolute atomic E-state index is 0.0342. The molecule has 1 fully saturated rings. The molecule has 3 aromatic rings. The molecule has 1 atom stereocenters. The van der Waals surface area contributed by atoms with E-state index in [1.54, 1.807) is 36.8 Å². The summed E-state index contributed by atoms with van der Waals surface area (Å²) >= 11 is 1.33. The van der Waals surface area contributed by atoms with Crippen LogP contribution in [0.15, 0.2) is 48.5 Å². The van der Waals surface area contributed by atoms with Gasteiger partial charge in [-0.3, -0.25) is 9.59 Å². The molecule has 5 nitrogen and oxygen atoms in total. The lowest BCUT2D eigenvalue weighted by molar-refractivity contribution is 0.0996. The fourth-order valence-corrected chi connectivity index (χ4v) is 4.40. The quantitative estimate of drug-likeness (QED) is 0.607. The molecule has 0 bridgehead atoms. The molecule has 2 heterocycles. The Bertz CT molecular complexity index is 1060. The van der Waals surface area contributed by atoms with Crippen LogP contribution in [0.3, 0.4) is 0 Å². The van der Waals surface area contributed by atoms with E-state index in [9.17, 15) is 14.0 Å². The SMILES string of the molecule is NC(=O)c1cccc(-c2nc(C(=O)[CH]C3CCCN3)c(-c3ccc(F)cc3)s2)c1. The lowest BCUT2D eigenvalue weighted by Crippen LogP contribution is -2.25. The minimum atomic E-state index is -0.529. The smallest absolute Gasteiger partial charge is 0.248 e. The van der Waals surface area contributed by atoms with Crippen molar-refractivity contribution in [3.8, 4) is 21.0 Å². The third-order valence-corrected chi connectivity index (χ3v) is 5.97. The Hall–Kier alpha value is -2.90. The summed E-state index contributed by atoms with van der Waals surface area (Å²) in [5.41, 5.74) is 7.50. The zero-order valence-corrected chi connectivity index (χ0v) is 16.3. The van der Waals surface area contributed by atoms with Gasteiger partial charge in [0.1, 0.15) is 16.5 Å². The minimum Gasteiger partial charge on any atom is -0.366 e. The molecule has 1 unspecified atom stereocenters. The predicted molar refractivity (Wildman–Crippen MR) is 111 cm³/mol. The van der Waals surface area contributed by atoms with Crippen molar-refractivity contribution >= 4 is 23.0 Å². The van der Waals surface area contributed by atoms with Gasteiger partial charge in [-0.2, -0.15) is 0 Å². The predicted octanol–water partition coefficient (Wildman–Crippen LogP) is 3.85. The number of halogens is 1. The molecular weight excluding hydrogens is 389 g/mol. The monoisotopic (exact) mass is 408 g/mol. The van der Waals surface area contributed by atoms with Gasteiger partial charge in [-0.15, -0.1) is 11.3 Å². The standard InChI is InChI=1S/C22H19FN3O2S/c23-16-8-6-13(7-9-16)20-19(18(27)12-17-5-2-10-25-17)26-22(29-20)15-4-1-3-14(11-15)21(24)28/h1,3-4,6-9,11-12,17,25H,2,5,10H2,(H2,24,28). The number of nitrogens with zero attached hydrogens (tertiary/aromatic N) is 1. The maximum Gasteiger partial charge on any atom is 0.248 e. The van der Waals surface area contributed by atoms with Crippen molar-refractivity contribution in [2.24, 2.45) is 5.73 Å². The first-order valence-corrected chi connectivity index (χ1v) is 10.1. The Kier molecular flexibility index (Phi) is 5.51. The first-order valence-electron chi connectivity index (χ1n) is 9.31. The molecule has 1 radical (unpaired) electrons. The van der Waals surface area contributed by atoms with E-state index in [2.05, 4.69) is 10.3 Å². The van der Waals surface area contributed by atoms with E-state index in [0.29, 0.717) is 26.7 Å². The molecule has 1 aliphatic heterocycles. The number of hydrogen-bond donors (Lipinski definition) is 2. The highest BCUT2D eigenvalue weighted by Gasteiger charge is 2.25. The lowest BCUT2D eigenvalue weighted by Gasteiger charge is -2.08. The summed E-state index contributed by atoms with van der Waals surface area (Å²) in [7, 11) is 0. The number of carbonyl (C=O) groups is 2. The fraction of sp³-hybridized carbons (Fsp3) is 0.182. The van der Waals surface area contributed by atoms with Gasteiger partial charge in [0.2, 0.25) is 5.91 Å². The Balaban J connectivity index is 1.75. The van der Waals surface area contributed by atoms with Gasteiger partial charge in [0, 0.05) is 17.2 Å². The molecule has 3 N–H and O–H groups in total. The fourth-order valence-electron chi connectivity index (χ4n) is 3.33. The van der Waals surface area contributed by atoms with Crippen LogP contribution in [0.4, 0.5) is 4.39 Å². The van der Waals surface area contributed by atoms with E-state index >= 15 is 0 Å².